The van der Waals surface area contributed by atoms with Crippen LogP contribution in [0.15, 0.2) is 46.7 Å². The summed E-state index contributed by atoms with van der Waals surface area (Å²) in [5.41, 5.74) is -3.87. The largest absolute Gasteiger partial charge is 0.446 e. The van der Waals surface area contributed by atoms with Gasteiger partial charge in [-0.1, -0.05) is 6.07 Å². The van der Waals surface area contributed by atoms with Gasteiger partial charge in [0.15, 0.2) is 0 Å². The van der Waals surface area contributed by atoms with E-state index in [9.17, 15) is 18.0 Å². The first-order valence-electron chi connectivity index (χ1n) is 6.35. The van der Waals surface area contributed by atoms with Crippen LogP contribution in [-0.4, -0.2) is 18.1 Å². The van der Waals surface area contributed by atoms with E-state index >= 15 is 0 Å². The van der Waals surface area contributed by atoms with Crippen molar-refractivity contribution in [2.24, 2.45) is 0 Å². The van der Waals surface area contributed by atoms with Gasteiger partial charge in [-0.3, -0.25) is 0 Å². The van der Waals surface area contributed by atoms with Crippen molar-refractivity contribution >= 4 is 34.8 Å². The second-order valence-corrected chi connectivity index (χ2v) is 6.45. The number of alkyl halides is 3. The molecule has 0 saturated carbocycles. The molecule has 1 aromatic carbocycles. The maximum atomic E-state index is 12.2. The summed E-state index contributed by atoms with van der Waals surface area (Å²) in [6.45, 7) is 0.494. The predicted molar refractivity (Wildman–Crippen MR) is 83.4 cm³/mol. The van der Waals surface area contributed by atoms with E-state index in [0.29, 0.717) is 12.2 Å². The van der Waals surface area contributed by atoms with Crippen LogP contribution in [0.5, 0.6) is 0 Å². The molecular formula is C14H13F3N2OS2. The average Bonchev–Trinajstić information content (AvgIpc) is 2.92. The zero-order valence-corrected chi connectivity index (χ0v) is 12.9. The van der Waals surface area contributed by atoms with Crippen molar-refractivity contribution in [2.45, 2.75) is 16.8 Å². The Kier molecular flexibility index (Phi) is 5.73. The number of hydrogen-bond acceptors (Lipinski definition) is 3. The smallest absolute Gasteiger partial charge is 0.338 e. The Bertz CT molecular complexity index is 598. The third kappa shape index (κ3) is 5.98. The van der Waals surface area contributed by atoms with Crippen molar-refractivity contribution in [3.05, 3.63) is 46.7 Å². The molecule has 0 spiro atoms. The second-order valence-electron chi connectivity index (χ2n) is 4.28. The van der Waals surface area contributed by atoms with Crippen molar-refractivity contribution in [2.75, 3.05) is 11.9 Å². The van der Waals surface area contributed by atoms with Crippen LogP contribution in [0.4, 0.5) is 23.7 Å². The fourth-order valence-electron chi connectivity index (χ4n) is 1.67. The van der Waals surface area contributed by atoms with Gasteiger partial charge in [0, 0.05) is 22.0 Å². The Labute approximate surface area is 133 Å². The Morgan fingerprint density at radius 1 is 1.18 bits per heavy atom. The summed E-state index contributed by atoms with van der Waals surface area (Å²) in [7, 11) is 0. The molecule has 0 radical (unpaired) electrons. The molecule has 1 aromatic heterocycles. The predicted octanol–water partition coefficient (Wildman–Crippen LogP) is 4.72. The van der Waals surface area contributed by atoms with Crippen LogP contribution in [0.25, 0.3) is 0 Å². The normalized spacial score (nSPS) is 11.2. The van der Waals surface area contributed by atoms with E-state index in [4.69, 9.17) is 0 Å². The topological polar surface area (TPSA) is 41.1 Å². The minimum absolute atomic E-state index is 0.0798. The molecule has 8 heteroatoms. The zero-order chi connectivity index (χ0) is 16.0. The van der Waals surface area contributed by atoms with Gasteiger partial charge in [-0.15, -0.1) is 11.3 Å². The number of amides is 2. The first kappa shape index (κ1) is 16.7. The zero-order valence-electron chi connectivity index (χ0n) is 11.3. The molecule has 1 heterocycles. The van der Waals surface area contributed by atoms with Crippen molar-refractivity contribution < 1.29 is 18.0 Å². The first-order valence-corrected chi connectivity index (χ1v) is 8.05. The van der Waals surface area contributed by atoms with Crippen LogP contribution in [0.2, 0.25) is 0 Å². The van der Waals surface area contributed by atoms with E-state index in [2.05, 4.69) is 10.6 Å². The maximum Gasteiger partial charge on any atom is 0.446 e. The second kappa shape index (κ2) is 7.55. The van der Waals surface area contributed by atoms with Crippen LogP contribution in [-0.2, 0) is 6.42 Å². The van der Waals surface area contributed by atoms with E-state index in [1.807, 2.05) is 17.5 Å². The number of rotatable bonds is 5. The molecule has 0 aliphatic heterocycles. The molecule has 2 amide bonds. The summed E-state index contributed by atoms with van der Waals surface area (Å²) in [6.07, 6.45) is 0.742. The van der Waals surface area contributed by atoms with Gasteiger partial charge < -0.3 is 10.6 Å². The highest BCUT2D eigenvalue weighted by Crippen LogP contribution is 2.36. The molecule has 118 valence electrons. The molecule has 0 aliphatic carbocycles. The maximum absolute atomic E-state index is 12.2. The molecule has 0 bridgehead atoms. The Balaban J connectivity index is 1.76. The highest BCUT2D eigenvalue weighted by atomic mass is 32.2. The van der Waals surface area contributed by atoms with E-state index in [-0.39, 0.29) is 22.7 Å². The van der Waals surface area contributed by atoms with Gasteiger partial charge in [0.05, 0.1) is 0 Å². The summed E-state index contributed by atoms with van der Waals surface area (Å²) in [5.74, 6) is 0. The Morgan fingerprint density at radius 2 is 1.91 bits per heavy atom. The summed E-state index contributed by atoms with van der Waals surface area (Å²) in [5, 5.41) is 7.24. The highest BCUT2D eigenvalue weighted by molar-refractivity contribution is 8.00. The lowest BCUT2D eigenvalue weighted by atomic mass is 10.3. The van der Waals surface area contributed by atoms with E-state index in [0.717, 1.165) is 6.42 Å². The van der Waals surface area contributed by atoms with Gasteiger partial charge in [-0.25, -0.2) is 4.79 Å². The monoisotopic (exact) mass is 346 g/mol. The third-order valence-corrected chi connectivity index (χ3v) is 4.26. The minimum Gasteiger partial charge on any atom is -0.338 e. The molecule has 0 saturated heterocycles. The summed E-state index contributed by atoms with van der Waals surface area (Å²) in [4.78, 5) is 12.9. The van der Waals surface area contributed by atoms with Gasteiger partial charge in [0.1, 0.15) is 0 Å². The number of anilines is 1. The third-order valence-electron chi connectivity index (χ3n) is 2.58. The lowest BCUT2D eigenvalue weighted by molar-refractivity contribution is -0.0328. The van der Waals surface area contributed by atoms with Crippen LogP contribution in [0.3, 0.4) is 0 Å². The van der Waals surface area contributed by atoms with Gasteiger partial charge in [0.2, 0.25) is 0 Å². The van der Waals surface area contributed by atoms with E-state index < -0.39 is 5.51 Å². The Hall–Kier alpha value is -1.67. The molecule has 0 aliphatic rings. The van der Waals surface area contributed by atoms with Crippen LogP contribution >= 0.6 is 23.1 Å². The minimum atomic E-state index is -4.31. The van der Waals surface area contributed by atoms with Crippen LogP contribution in [0.1, 0.15) is 4.88 Å². The number of carbonyl (C=O) groups excluding carboxylic acids is 1. The van der Waals surface area contributed by atoms with Gasteiger partial charge in [0.25, 0.3) is 0 Å². The number of halogens is 3. The summed E-state index contributed by atoms with van der Waals surface area (Å²) in [6, 6.07) is 9.06. The van der Waals surface area contributed by atoms with Gasteiger partial charge in [-0.05, 0) is 53.9 Å². The van der Waals surface area contributed by atoms with Crippen molar-refractivity contribution in [1.29, 1.82) is 0 Å². The highest BCUT2D eigenvalue weighted by Gasteiger charge is 2.28. The SMILES string of the molecule is O=C(NCCc1cccs1)Nc1ccc(SC(F)(F)F)cc1. The molecule has 3 nitrogen and oxygen atoms in total. The fourth-order valence-corrected chi connectivity index (χ4v) is 2.92. The van der Waals surface area contributed by atoms with Crippen LogP contribution < -0.4 is 10.6 Å². The molecule has 2 aromatic rings. The summed E-state index contributed by atoms with van der Waals surface area (Å²) >= 11 is 1.43. The first-order chi connectivity index (χ1) is 10.4. The van der Waals surface area contributed by atoms with Crippen molar-refractivity contribution in [3.63, 3.8) is 0 Å². The molecule has 0 unspecified atom stereocenters. The quantitative estimate of drug-likeness (QED) is 0.769. The van der Waals surface area contributed by atoms with Gasteiger partial charge in [-0.2, -0.15) is 13.2 Å². The molecule has 2 N–H and O–H groups in total. The summed E-state index contributed by atoms with van der Waals surface area (Å²) < 4.78 is 36.6. The van der Waals surface area contributed by atoms with Crippen molar-refractivity contribution in [1.82, 2.24) is 5.32 Å². The van der Waals surface area contributed by atoms with E-state index in [1.165, 1.54) is 29.1 Å². The number of hydrogen-bond donors (Lipinski definition) is 2. The fraction of sp³-hybridized carbons (Fsp3) is 0.214. The number of urea groups is 1. The molecule has 22 heavy (non-hydrogen) atoms. The standard InChI is InChI=1S/C14H13F3N2OS2/c15-14(16,17)22-12-5-3-10(4-6-12)19-13(20)18-8-7-11-2-1-9-21-11/h1-6,9H,7-8H2,(H2,18,19,20). The average molecular weight is 346 g/mol. The molecule has 0 atom stereocenters. The van der Waals surface area contributed by atoms with Crippen molar-refractivity contribution in [3.8, 4) is 0 Å². The van der Waals surface area contributed by atoms with Gasteiger partial charge >= 0.3 is 11.5 Å². The number of thioether (sulfide) groups is 1. The van der Waals surface area contributed by atoms with E-state index in [1.54, 1.807) is 11.3 Å². The molecular weight excluding hydrogens is 333 g/mol. The molecule has 0 fully saturated rings. The number of carbonyl (C=O) groups is 1. The lowest BCUT2D eigenvalue weighted by Crippen LogP contribution is -2.30. The van der Waals surface area contributed by atoms with Crippen LogP contribution in [0, 0.1) is 0 Å². The molecule has 2 rings (SSSR count). The number of thiophene rings is 1. The Morgan fingerprint density at radius 3 is 2.50 bits per heavy atom. The lowest BCUT2D eigenvalue weighted by Gasteiger charge is -2.09. The number of benzene rings is 1. The number of nitrogens with one attached hydrogen (secondary N) is 2.